The number of nitrogens with one attached hydrogen (secondary N) is 1. The minimum atomic E-state index is -0.510. The Morgan fingerprint density at radius 1 is 1.30 bits per heavy atom. The van der Waals surface area contributed by atoms with Gasteiger partial charge in [-0.25, -0.2) is 9.69 Å². The molecule has 2 saturated heterocycles. The van der Waals surface area contributed by atoms with Crippen LogP contribution in [0.15, 0.2) is 24.3 Å². The van der Waals surface area contributed by atoms with Gasteiger partial charge in [0.15, 0.2) is 6.54 Å². The average molecular weight is 320 g/mol. The predicted molar refractivity (Wildman–Crippen MR) is 83.8 cm³/mol. The van der Waals surface area contributed by atoms with Crippen molar-refractivity contribution in [2.75, 3.05) is 57.9 Å². The molecular formula is C16H22N3O4+. The van der Waals surface area contributed by atoms with Crippen LogP contribution in [0.4, 0.5) is 10.5 Å². The van der Waals surface area contributed by atoms with Crippen LogP contribution in [0.2, 0.25) is 0 Å². The van der Waals surface area contributed by atoms with Crippen molar-refractivity contribution in [3.63, 3.8) is 0 Å². The summed E-state index contributed by atoms with van der Waals surface area (Å²) in [6.45, 7) is 4.52. The van der Waals surface area contributed by atoms with E-state index in [2.05, 4.69) is 11.0 Å². The zero-order valence-electron chi connectivity index (χ0n) is 13.3. The normalized spacial score (nSPS) is 18.9. The topological polar surface area (TPSA) is 63.5 Å². The van der Waals surface area contributed by atoms with Crippen molar-refractivity contribution < 1.29 is 24.0 Å². The summed E-state index contributed by atoms with van der Waals surface area (Å²) in [6.07, 6.45) is -0.510. The predicted octanol–water partition coefficient (Wildman–Crippen LogP) is -0.621. The Kier molecular flexibility index (Phi) is 4.66. The number of imide groups is 1. The zero-order valence-corrected chi connectivity index (χ0v) is 13.3. The third kappa shape index (κ3) is 3.56. The molecule has 2 aliphatic heterocycles. The lowest BCUT2D eigenvalue weighted by molar-refractivity contribution is -0.892. The van der Waals surface area contributed by atoms with E-state index in [0.717, 1.165) is 37.6 Å². The highest BCUT2D eigenvalue weighted by Gasteiger charge is 2.32. The number of hydrogen-bond donors (Lipinski definition) is 1. The summed E-state index contributed by atoms with van der Waals surface area (Å²) in [5.41, 5.74) is 1.14. The number of piperazine rings is 1. The number of quaternary nitrogens is 1. The van der Waals surface area contributed by atoms with Crippen LogP contribution < -0.4 is 14.5 Å². The number of carbonyl (C=O) groups excluding carboxylic acids is 2. The lowest BCUT2D eigenvalue weighted by Gasteiger charge is -2.33. The maximum atomic E-state index is 12.1. The van der Waals surface area contributed by atoms with E-state index < -0.39 is 6.09 Å². The Balaban J connectivity index is 1.52. The van der Waals surface area contributed by atoms with Crippen LogP contribution in [0.25, 0.3) is 0 Å². The van der Waals surface area contributed by atoms with Crippen LogP contribution in [0.3, 0.4) is 0 Å². The lowest BCUT2D eigenvalue weighted by atomic mass is 10.2. The Bertz CT molecular complexity index is 584. The van der Waals surface area contributed by atoms with E-state index in [1.807, 2.05) is 18.2 Å². The molecular weight excluding hydrogens is 298 g/mol. The van der Waals surface area contributed by atoms with Crippen LogP contribution in [0, 0.1) is 0 Å². The SMILES string of the molecule is COc1cccc(N2CC[NH+](CC(=O)N3CCOC3=O)CC2)c1. The van der Waals surface area contributed by atoms with Crippen molar-refractivity contribution in [2.45, 2.75) is 0 Å². The van der Waals surface area contributed by atoms with Crippen molar-refractivity contribution in [1.29, 1.82) is 0 Å². The van der Waals surface area contributed by atoms with Crippen LogP contribution in [0.1, 0.15) is 0 Å². The third-order valence-electron chi connectivity index (χ3n) is 4.35. The second-order valence-corrected chi connectivity index (χ2v) is 5.78. The van der Waals surface area contributed by atoms with Gasteiger partial charge in [0, 0.05) is 11.8 Å². The van der Waals surface area contributed by atoms with Crippen molar-refractivity contribution in [3.8, 4) is 5.75 Å². The molecule has 1 N–H and O–H groups in total. The summed E-state index contributed by atoms with van der Waals surface area (Å²) in [7, 11) is 1.66. The number of rotatable bonds is 4. The summed E-state index contributed by atoms with van der Waals surface area (Å²) in [5.74, 6) is 0.706. The molecule has 0 aromatic heterocycles. The largest absolute Gasteiger partial charge is 0.497 e. The minimum absolute atomic E-state index is 0.141. The van der Waals surface area contributed by atoms with Gasteiger partial charge in [-0.15, -0.1) is 0 Å². The summed E-state index contributed by atoms with van der Waals surface area (Å²) in [4.78, 5) is 28.2. The highest BCUT2D eigenvalue weighted by Crippen LogP contribution is 2.20. The molecule has 0 bridgehead atoms. The van der Waals surface area contributed by atoms with E-state index in [4.69, 9.17) is 9.47 Å². The van der Waals surface area contributed by atoms with Crippen molar-refractivity contribution in [1.82, 2.24) is 4.90 Å². The molecule has 3 rings (SSSR count). The van der Waals surface area contributed by atoms with Gasteiger partial charge in [-0.1, -0.05) is 6.07 Å². The fraction of sp³-hybridized carbons (Fsp3) is 0.500. The van der Waals surface area contributed by atoms with Crippen molar-refractivity contribution in [2.24, 2.45) is 0 Å². The number of amides is 2. The molecule has 0 saturated carbocycles. The van der Waals surface area contributed by atoms with E-state index in [9.17, 15) is 9.59 Å². The molecule has 7 nitrogen and oxygen atoms in total. The molecule has 1 aromatic rings. The summed E-state index contributed by atoms with van der Waals surface area (Å²) in [6, 6.07) is 8.00. The number of cyclic esters (lactones) is 1. The highest BCUT2D eigenvalue weighted by atomic mass is 16.6. The zero-order chi connectivity index (χ0) is 16.2. The van der Waals surface area contributed by atoms with Gasteiger partial charge in [-0.2, -0.15) is 0 Å². The molecule has 1 aromatic carbocycles. The standard InChI is InChI=1S/C16H21N3O4/c1-22-14-4-2-3-13(11-14)18-7-5-17(6-8-18)12-15(20)19-9-10-23-16(19)21/h2-4,11H,5-10,12H2,1H3/p+1. The van der Waals surface area contributed by atoms with Gasteiger partial charge in [0.05, 0.1) is 39.8 Å². The van der Waals surface area contributed by atoms with Crippen LogP contribution in [0.5, 0.6) is 5.75 Å². The van der Waals surface area contributed by atoms with Crippen LogP contribution in [-0.4, -0.2) is 69.9 Å². The number of methoxy groups -OCH3 is 1. The molecule has 0 atom stereocenters. The molecule has 7 heteroatoms. The Hall–Kier alpha value is -2.28. The smallest absolute Gasteiger partial charge is 0.416 e. The first-order chi connectivity index (χ1) is 11.2. The lowest BCUT2D eigenvalue weighted by Crippen LogP contribution is -3.15. The number of hydrogen-bond acceptors (Lipinski definition) is 5. The quantitative estimate of drug-likeness (QED) is 0.801. The van der Waals surface area contributed by atoms with E-state index in [0.29, 0.717) is 19.7 Å². The second kappa shape index (κ2) is 6.87. The fourth-order valence-electron chi connectivity index (χ4n) is 2.99. The Labute approximate surface area is 135 Å². The average Bonchev–Trinajstić information content (AvgIpc) is 3.02. The number of nitrogens with zero attached hydrogens (tertiary/aromatic N) is 2. The van der Waals surface area contributed by atoms with Gasteiger partial charge < -0.3 is 19.3 Å². The van der Waals surface area contributed by atoms with Gasteiger partial charge in [-0.05, 0) is 12.1 Å². The fourth-order valence-corrected chi connectivity index (χ4v) is 2.99. The molecule has 0 radical (unpaired) electrons. The highest BCUT2D eigenvalue weighted by molar-refractivity contribution is 5.93. The first kappa shape index (κ1) is 15.6. The summed E-state index contributed by atoms with van der Waals surface area (Å²) in [5, 5.41) is 0. The molecule has 23 heavy (non-hydrogen) atoms. The van der Waals surface area contributed by atoms with E-state index in [1.54, 1.807) is 7.11 Å². The minimum Gasteiger partial charge on any atom is -0.497 e. The molecule has 0 spiro atoms. The van der Waals surface area contributed by atoms with Gasteiger partial charge >= 0.3 is 6.09 Å². The first-order valence-corrected chi connectivity index (χ1v) is 7.87. The summed E-state index contributed by atoms with van der Waals surface area (Å²) < 4.78 is 10.1. The first-order valence-electron chi connectivity index (χ1n) is 7.87. The van der Waals surface area contributed by atoms with E-state index >= 15 is 0 Å². The second-order valence-electron chi connectivity index (χ2n) is 5.78. The van der Waals surface area contributed by atoms with Gasteiger partial charge in [0.2, 0.25) is 0 Å². The van der Waals surface area contributed by atoms with Gasteiger partial charge in [0.25, 0.3) is 5.91 Å². The maximum Gasteiger partial charge on any atom is 0.416 e. The Morgan fingerprint density at radius 2 is 2.09 bits per heavy atom. The molecule has 0 aliphatic carbocycles. The van der Waals surface area contributed by atoms with Crippen molar-refractivity contribution in [3.05, 3.63) is 24.3 Å². The third-order valence-corrected chi connectivity index (χ3v) is 4.35. The molecule has 2 heterocycles. The number of carbonyl (C=O) groups is 2. The van der Waals surface area contributed by atoms with E-state index in [1.165, 1.54) is 9.80 Å². The number of ether oxygens (including phenoxy) is 2. The summed E-state index contributed by atoms with van der Waals surface area (Å²) >= 11 is 0. The van der Waals surface area contributed by atoms with Crippen molar-refractivity contribution >= 4 is 17.7 Å². The Morgan fingerprint density at radius 3 is 2.74 bits per heavy atom. The molecule has 2 fully saturated rings. The monoisotopic (exact) mass is 320 g/mol. The van der Waals surface area contributed by atoms with Gasteiger partial charge in [0.1, 0.15) is 12.4 Å². The maximum absolute atomic E-state index is 12.1. The number of anilines is 1. The molecule has 2 amide bonds. The van der Waals surface area contributed by atoms with Crippen LogP contribution >= 0.6 is 0 Å². The van der Waals surface area contributed by atoms with E-state index in [-0.39, 0.29) is 5.91 Å². The molecule has 0 unspecified atom stereocenters. The molecule has 124 valence electrons. The van der Waals surface area contributed by atoms with Crippen LogP contribution in [-0.2, 0) is 9.53 Å². The molecule has 2 aliphatic rings. The van der Waals surface area contributed by atoms with Gasteiger partial charge in [-0.3, -0.25) is 4.79 Å². The number of benzene rings is 1.